The maximum atomic E-state index is 13.0. The van der Waals surface area contributed by atoms with Gasteiger partial charge in [-0.1, -0.05) is 48.5 Å². The maximum absolute atomic E-state index is 13.0. The van der Waals surface area contributed by atoms with Crippen LogP contribution in [-0.2, 0) is 11.2 Å². The Morgan fingerprint density at radius 3 is 2.13 bits per heavy atom. The molecule has 7 heteroatoms. The van der Waals surface area contributed by atoms with E-state index in [1.54, 1.807) is 18.2 Å². The van der Waals surface area contributed by atoms with Gasteiger partial charge in [0, 0.05) is 23.9 Å². The van der Waals surface area contributed by atoms with Gasteiger partial charge in [-0.25, -0.2) is 9.18 Å². The lowest BCUT2D eigenvalue weighted by Crippen LogP contribution is -2.18. The molecule has 0 spiro atoms. The largest absolute Gasteiger partial charge is 0.447 e. The first-order valence-electron chi connectivity index (χ1n) is 9.83. The normalized spacial score (nSPS) is 10.5. The molecule has 0 saturated carbocycles. The first-order valence-corrected chi connectivity index (χ1v) is 9.83. The van der Waals surface area contributed by atoms with Gasteiger partial charge in [0.05, 0.1) is 6.61 Å². The Hall–Kier alpha value is -4.13. The average Bonchev–Trinajstić information content (AvgIpc) is 3.18. The Balaban J connectivity index is 1.49. The zero-order valence-corrected chi connectivity index (χ0v) is 16.7. The van der Waals surface area contributed by atoms with Crippen molar-refractivity contribution in [1.82, 2.24) is 9.78 Å². The van der Waals surface area contributed by atoms with Crippen molar-refractivity contribution in [1.29, 1.82) is 0 Å². The van der Waals surface area contributed by atoms with E-state index in [-0.39, 0.29) is 12.4 Å². The molecule has 6 nitrogen and oxygen atoms in total. The van der Waals surface area contributed by atoms with E-state index in [1.807, 2.05) is 60.7 Å². The summed E-state index contributed by atoms with van der Waals surface area (Å²) < 4.78 is 19.6. The van der Waals surface area contributed by atoms with Crippen molar-refractivity contribution in [3.63, 3.8) is 0 Å². The average molecular weight is 416 g/mol. The van der Waals surface area contributed by atoms with Crippen molar-refractivity contribution in [3.05, 3.63) is 102 Å². The summed E-state index contributed by atoms with van der Waals surface area (Å²) in [6.07, 6.45) is -0.134. The van der Waals surface area contributed by atoms with Crippen molar-refractivity contribution < 1.29 is 13.9 Å². The zero-order chi connectivity index (χ0) is 21.5. The Kier molecular flexibility index (Phi) is 6.23. The molecular formula is C24H21FN4O2. The lowest BCUT2D eigenvalue weighted by molar-refractivity contribution is 0.146. The van der Waals surface area contributed by atoms with Gasteiger partial charge in [-0.3, -0.25) is 0 Å². The predicted octanol–water partition coefficient (Wildman–Crippen LogP) is 5.74. The number of para-hydroxylation sites is 2. The van der Waals surface area contributed by atoms with Crippen LogP contribution in [0.3, 0.4) is 0 Å². The van der Waals surface area contributed by atoms with Gasteiger partial charge in [0.15, 0.2) is 5.82 Å². The minimum Gasteiger partial charge on any atom is -0.447 e. The summed E-state index contributed by atoms with van der Waals surface area (Å²) in [7, 11) is 0. The highest BCUT2D eigenvalue weighted by atomic mass is 19.1. The molecule has 0 amide bonds. The van der Waals surface area contributed by atoms with Crippen LogP contribution in [0, 0.1) is 5.82 Å². The number of nitrogens with one attached hydrogen (secondary N) is 2. The van der Waals surface area contributed by atoms with E-state index in [9.17, 15) is 9.18 Å². The molecule has 0 aliphatic carbocycles. The second kappa shape index (κ2) is 9.58. The smallest absolute Gasteiger partial charge is 0.436 e. The molecule has 0 aliphatic heterocycles. The van der Waals surface area contributed by atoms with E-state index in [2.05, 4.69) is 15.7 Å². The topological polar surface area (TPSA) is 68.2 Å². The fourth-order valence-electron chi connectivity index (χ4n) is 2.98. The van der Waals surface area contributed by atoms with Crippen LogP contribution in [0.5, 0.6) is 0 Å². The molecule has 1 heterocycles. The predicted molar refractivity (Wildman–Crippen MR) is 119 cm³/mol. The molecule has 0 saturated heterocycles. The first kappa shape index (κ1) is 20.2. The van der Waals surface area contributed by atoms with Crippen LogP contribution in [0.1, 0.15) is 5.56 Å². The van der Waals surface area contributed by atoms with Gasteiger partial charge in [0.1, 0.15) is 11.6 Å². The number of carbonyl (C=O) groups is 1. The van der Waals surface area contributed by atoms with Gasteiger partial charge in [0.2, 0.25) is 0 Å². The molecule has 4 rings (SSSR count). The fourth-order valence-corrected chi connectivity index (χ4v) is 2.98. The van der Waals surface area contributed by atoms with Crippen LogP contribution in [0.2, 0.25) is 0 Å². The van der Waals surface area contributed by atoms with Gasteiger partial charge in [-0.2, -0.15) is 0 Å². The third kappa shape index (κ3) is 5.48. The molecule has 2 N–H and O–H groups in total. The molecule has 0 atom stereocenters. The highest BCUT2D eigenvalue weighted by molar-refractivity contribution is 5.78. The number of hydrogen-bond acceptors (Lipinski definition) is 5. The fraction of sp³-hybridized carbons (Fsp3) is 0.0833. The van der Waals surface area contributed by atoms with Crippen molar-refractivity contribution in [2.45, 2.75) is 6.42 Å². The van der Waals surface area contributed by atoms with Crippen LogP contribution in [0.15, 0.2) is 91.0 Å². The number of hydrogen-bond donors (Lipinski definition) is 2. The van der Waals surface area contributed by atoms with E-state index in [1.165, 1.54) is 16.8 Å². The van der Waals surface area contributed by atoms with Gasteiger partial charge in [-0.05, 0) is 42.0 Å². The van der Waals surface area contributed by atoms with Crippen LogP contribution < -0.4 is 10.6 Å². The summed E-state index contributed by atoms with van der Waals surface area (Å²) in [5, 5.41) is 10.7. The maximum Gasteiger partial charge on any atom is 0.436 e. The zero-order valence-electron chi connectivity index (χ0n) is 16.7. The summed E-state index contributed by atoms with van der Waals surface area (Å²) >= 11 is 0. The number of halogens is 1. The number of ether oxygens (including phenoxy) is 1. The highest BCUT2D eigenvalue weighted by Crippen LogP contribution is 2.23. The Morgan fingerprint density at radius 2 is 1.48 bits per heavy atom. The molecule has 0 radical (unpaired) electrons. The molecule has 0 aliphatic rings. The summed E-state index contributed by atoms with van der Waals surface area (Å²) in [4.78, 5) is 12.7. The monoisotopic (exact) mass is 416 g/mol. The van der Waals surface area contributed by atoms with Gasteiger partial charge in [0.25, 0.3) is 0 Å². The molecule has 3 aromatic carbocycles. The Morgan fingerprint density at radius 1 is 0.871 bits per heavy atom. The van der Waals surface area contributed by atoms with Crippen LogP contribution >= 0.6 is 0 Å². The number of benzene rings is 3. The van der Waals surface area contributed by atoms with E-state index in [0.717, 1.165) is 16.9 Å². The summed E-state index contributed by atoms with van der Waals surface area (Å²) in [5.41, 5.74) is 2.54. The molecule has 31 heavy (non-hydrogen) atoms. The molecule has 0 fully saturated rings. The van der Waals surface area contributed by atoms with Crippen molar-refractivity contribution >= 4 is 29.1 Å². The second-order valence-corrected chi connectivity index (χ2v) is 6.80. The number of nitrogens with zero attached hydrogens (tertiary/aromatic N) is 2. The molecule has 4 aromatic rings. The highest BCUT2D eigenvalue weighted by Gasteiger charge is 2.16. The quantitative estimate of drug-likeness (QED) is 0.402. The van der Waals surface area contributed by atoms with Crippen molar-refractivity contribution in [2.24, 2.45) is 0 Å². The third-order valence-electron chi connectivity index (χ3n) is 4.50. The Labute approximate surface area is 179 Å². The molecule has 156 valence electrons. The van der Waals surface area contributed by atoms with Gasteiger partial charge in [-0.15, -0.1) is 9.78 Å². The van der Waals surface area contributed by atoms with Gasteiger partial charge < -0.3 is 15.4 Å². The number of aromatic nitrogens is 2. The van der Waals surface area contributed by atoms with Crippen LogP contribution in [0.25, 0.3) is 0 Å². The van der Waals surface area contributed by atoms with Gasteiger partial charge >= 0.3 is 6.09 Å². The molecule has 0 bridgehead atoms. The standard InChI is InChI=1S/C24H21FN4O2/c25-19-13-11-18(12-14-19)15-16-31-24(30)29-23(27-21-9-5-2-6-10-21)17-22(28-29)26-20-7-3-1-4-8-20/h1-14,17,27H,15-16H2,(H,26,28). The summed E-state index contributed by atoms with van der Waals surface area (Å²) in [6, 6.07) is 26.9. The third-order valence-corrected chi connectivity index (χ3v) is 4.50. The lowest BCUT2D eigenvalue weighted by Gasteiger charge is -2.09. The molecule has 1 aromatic heterocycles. The number of carbonyl (C=O) groups excluding carboxylic acids is 1. The van der Waals surface area contributed by atoms with Crippen LogP contribution in [-0.4, -0.2) is 22.5 Å². The molecule has 0 unspecified atom stereocenters. The lowest BCUT2D eigenvalue weighted by atomic mass is 10.2. The van der Waals surface area contributed by atoms with E-state index in [0.29, 0.717) is 18.1 Å². The van der Waals surface area contributed by atoms with E-state index < -0.39 is 6.09 Å². The van der Waals surface area contributed by atoms with Crippen molar-refractivity contribution in [3.8, 4) is 0 Å². The van der Waals surface area contributed by atoms with Crippen LogP contribution in [0.4, 0.5) is 32.2 Å². The minimum atomic E-state index is -0.610. The SMILES string of the molecule is O=C(OCCc1ccc(F)cc1)n1nc(Nc2ccccc2)cc1Nc1ccccc1. The Bertz CT molecular complexity index is 1130. The summed E-state index contributed by atoms with van der Waals surface area (Å²) in [6.45, 7) is 0.149. The molecular weight excluding hydrogens is 395 g/mol. The first-order chi connectivity index (χ1) is 15.2. The van der Waals surface area contributed by atoms with E-state index in [4.69, 9.17) is 4.74 Å². The van der Waals surface area contributed by atoms with E-state index >= 15 is 0 Å². The number of rotatable bonds is 7. The second-order valence-electron chi connectivity index (χ2n) is 6.80. The number of anilines is 4. The van der Waals surface area contributed by atoms with Crippen molar-refractivity contribution in [2.75, 3.05) is 17.2 Å². The summed E-state index contributed by atoms with van der Waals surface area (Å²) in [5.74, 6) is 0.670. The minimum absolute atomic E-state index is 0.149.